The van der Waals surface area contributed by atoms with E-state index in [1.54, 1.807) is 10.9 Å². The second-order valence-corrected chi connectivity index (χ2v) is 3.58. The molecule has 0 atom stereocenters. The zero-order chi connectivity index (χ0) is 11.8. The van der Waals surface area contributed by atoms with Crippen molar-refractivity contribution in [3.8, 4) is 5.75 Å². The van der Waals surface area contributed by atoms with Crippen LogP contribution >= 0.6 is 0 Å². The van der Waals surface area contributed by atoms with Crippen molar-refractivity contribution in [1.82, 2.24) is 15.2 Å². The molecule has 0 aliphatic rings. The molecule has 0 radical (unpaired) electrons. The number of hydrogen-bond acceptors (Lipinski definition) is 4. The van der Waals surface area contributed by atoms with E-state index in [-0.39, 0.29) is 5.91 Å². The highest BCUT2D eigenvalue weighted by Gasteiger charge is 1.99. The lowest BCUT2D eigenvalue weighted by Crippen LogP contribution is -2.29. The van der Waals surface area contributed by atoms with Gasteiger partial charge in [-0.25, -0.2) is 5.84 Å². The van der Waals surface area contributed by atoms with Crippen LogP contribution in [0.25, 0.3) is 0 Å². The molecule has 0 spiro atoms. The Morgan fingerprint density at radius 1 is 1.56 bits per heavy atom. The molecule has 6 heteroatoms. The number of carbonyl (C=O) groups is 1. The molecule has 1 heterocycles. The van der Waals surface area contributed by atoms with Gasteiger partial charge in [-0.15, -0.1) is 0 Å². The predicted octanol–water partition coefficient (Wildman–Crippen LogP) is 0.349. The minimum absolute atomic E-state index is 0.117. The highest BCUT2D eigenvalue weighted by atomic mass is 16.5. The van der Waals surface area contributed by atoms with Gasteiger partial charge in [0.05, 0.1) is 19.0 Å². The molecule has 0 fully saturated rings. The van der Waals surface area contributed by atoms with Crippen molar-refractivity contribution in [2.75, 3.05) is 6.61 Å². The van der Waals surface area contributed by atoms with E-state index in [1.807, 2.05) is 13.2 Å². The summed E-state index contributed by atoms with van der Waals surface area (Å²) < 4.78 is 7.15. The topological polar surface area (TPSA) is 82.2 Å². The molecule has 90 valence electrons. The van der Waals surface area contributed by atoms with E-state index in [9.17, 15) is 4.79 Å². The SMILES string of the molecule is Cn1cc(OCCCCCC(=O)NN)cn1. The van der Waals surface area contributed by atoms with Gasteiger partial charge in [-0.05, 0) is 19.3 Å². The number of aromatic nitrogens is 2. The lowest BCUT2D eigenvalue weighted by molar-refractivity contribution is -0.121. The number of hydrazine groups is 1. The minimum Gasteiger partial charge on any atom is -0.490 e. The van der Waals surface area contributed by atoms with Crippen LogP contribution in [0.3, 0.4) is 0 Å². The fourth-order valence-electron chi connectivity index (χ4n) is 1.30. The van der Waals surface area contributed by atoms with Crippen LogP contribution in [0.5, 0.6) is 5.75 Å². The van der Waals surface area contributed by atoms with Crippen molar-refractivity contribution in [2.45, 2.75) is 25.7 Å². The largest absolute Gasteiger partial charge is 0.490 e. The van der Waals surface area contributed by atoms with E-state index >= 15 is 0 Å². The van der Waals surface area contributed by atoms with Crippen LogP contribution in [0.15, 0.2) is 12.4 Å². The molecule has 6 nitrogen and oxygen atoms in total. The third-order valence-corrected chi connectivity index (χ3v) is 2.16. The summed E-state index contributed by atoms with van der Waals surface area (Å²) in [4.78, 5) is 10.8. The van der Waals surface area contributed by atoms with E-state index in [0.29, 0.717) is 13.0 Å². The molecule has 1 aromatic heterocycles. The van der Waals surface area contributed by atoms with Crippen molar-refractivity contribution in [2.24, 2.45) is 12.9 Å². The molecule has 0 aliphatic carbocycles. The first-order valence-corrected chi connectivity index (χ1v) is 5.33. The molecule has 0 saturated heterocycles. The summed E-state index contributed by atoms with van der Waals surface area (Å²) in [6.07, 6.45) is 6.69. The van der Waals surface area contributed by atoms with Gasteiger partial charge >= 0.3 is 0 Å². The smallest absolute Gasteiger partial charge is 0.233 e. The van der Waals surface area contributed by atoms with E-state index in [2.05, 4.69) is 10.5 Å². The van der Waals surface area contributed by atoms with Crippen LogP contribution in [0.2, 0.25) is 0 Å². The van der Waals surface area contributed by atoms with E-state index in [1.165, 1.54) is 0 Å². The van der Waals surface area contributed by atoms with Crippen LogP contribution in [0.4, 0.5) is 0 Å². The lowest BCUT2D eigenvalue weighted by atomic mass is 10.2. The van der Waals surface area contributed by atoms with Gasteiger partial charge in [0.2, 0.25) is 5.91 Å². The quantitative estimate of drug-likeness (QED) is 0.304. The molecular weight excluding hydrogens is 208 g/mol. The average Bonchev–Trinajstić information content (AvgIpc) is 2.69. The summed E-state index contributed by atoms with van der Waals surface area (Å²) in [7, 11) is 1.85. The van der Waals surface area contributed by atoms with Gasteiger partial charge in [0.25, 0.3) is 0 Å². The van der Waals surface area contributed by atoms with Crippen molar-refractivity contribution < 1.29 is 9.53 Å². The van der Waals surface area contributed by atoms with Crippen LogP contribution in [0, 0.1) is 0 Å². The summed E-state index contributed by atoms with van der Waals surface area (Å²) in [6.45, 7) is 0.649. The molecular formula is C10H18N4O2. The highest BCUT2D eigenvalue weighted by Crippen LogP contribution is 2.08. The number of nitrogens with one attached hydrogen (secondary N) is 1. The molecule has 0 saturated carbocycles. The van der Waals surface area contributed by atoms with Gasteiger partial charge in [0, 0.05) is 13.5 Å². The maximum absolute atomic E-state index is 10.8. The maximum Gasteiger partial charge on any atom is 0.233 e. The fraction of sp³-hybridized carbons (Fsp3) is 0.600. The van der Waals surface area contributed by atoms with E-state index < -0.39 is 0 Å². The average molecular weight is 226 g/mol. The van der Waals surface area contributed by atoms with E-state index in [0.717, 1.165) is 25.0 Å². The van der Waals surface area contributed by atoms with Gasteiger partial charge in [-0.3, -0.25) is 14.9 Å². The van der Waals surface area contributed by atoms with Gasteiger partial charge in [-0.1, -0.05) is 0 Å². The number of unbranched alkanes of at least 4 members (excludes halogenated alkanes) is 2. The monoisotopic (exact) mass is 226 g/mol. The van der Waals surface area contributed by atoms with Gasteiger partial charge < -0.3 is 4.74 Å². The van der Waals surface area contributed by atoms with Crippen LogP contribution in [-0.4, -0.2) is 22.3 Å². The van der Waals surface area contributed by atoms with Crippen LogP contribution in [0.1, 0.15) is 25.7 Å². The number of nitrogens with two attached hydrogens (primary N) is 1. The molecule has 3 N–H and O–H groups in total. The first-order valence-electron chi connectivity index (χ1n) is 5.33. The Labute approximate surface area is 94.7 Å². The van der Waals surface area contributed by atoms with Crippen molar-refractivity contribution in [3.63, 3.8) is 0 Å². The van der Waals surface area contributed by atoms with Crippen LogP contribution in [-0.2, 0) is 11.8 Å². The Morgan fingerprint density at radius 2 is 2.38 bits per heavy atom. The standard InChI is InChI=1S/C10H18N4O2/c1-14-8-9(7-12-14)16-6-4-2-3-5-10(15)13-11/h7-8H,2-6,11H2,1H3,(H,13,15). The Hall–Kier alpha value is -1.56. The summed E-state index contributed by atoms with van der Waals surface area (Å²) in [6, 6.07) is 0. The fourth-order valence-corrected chi connectivity index (χ4v) is 1.30. The van der Waals surface area contributed by atoms with Gasteiger partial charge in [0.1, 0.15) is 0 Å². The normalized spacial score (nSPS) is 10.1. The zero-order valence-corrected chi connectivity index (χ0v) is 9.48. The first-order chi connectivity index (χ1) is 7.72. The molecule has 1 aromatic rings. The Kier molecular flexibility index (Phi) is 5.35. The number of carbonyl (C=O) groups excluding carboxylic acids is 1. The second kappa shape index (κ2) is 6.84. The van der Waals surface area contributed by atoms with Crippen molar-refractivity contribution >= 4 is 5.91 Å². The van der Waals surface area contributed by atoms with Crippen molar-refractivity contribution in [1.29, 1.82) is 0 Å². The third kappa shape index (κ3) is 4.79. The summed E-state index contributed by atoms with van der Waals surface area (Å²) in [5, 5.41) is 3.99. The van der Waals surface area contributed by atoms with Gasteiger partial charge in [-0.2, -0.15) is 5.10 Å². The molecule has 0 bridgehead atoms. The number of aryl methyl sites for hydroxylation is 1. The van der Waals surface area contributed by atoms with Crippen molar-refractivity contribution in [3.05, 3.63) is 12.4 Å². The molecule has 16 heavy (non-hydrogen) atoms. The summed E-state index contributed by atoms with van der Waals surface area (Å²) in [5.74, 6) is 5.62. The van der Waals surface area contributed by atoms with Crippen LogP contribution < -0.4 is 16.0 Å². The number of ether oxygens (including phenoxy) is 1. The summed E-state index contributed by atoms with van der Waals surface area (Å²) >= 11 is 0. The second-order valence-electron chi connectivity index (χ2n) is 3.58. The Balaban J connectivity index is 1.98. The van der Waals surface area contributed by atoms with Gasteiger partial charge in [0.15, 0.2) is 5.75 Å². The molecule has 1 amide bonds. The Morgan fingerprint density at radius 3 is 3.00 bits per heavy atom. The maximum atomic E-state index is 10.8. The predicted molar refractivity (Wildman–Crippen MR) is 59.5 cm³/mol. The number of rotatable bonds is 7. The molecule has 1 rings (SSSR count). The molecule has 0 aromatic carbocycles. The molecule has 0 aliphatic heterocycles. The number of amides is 1. The summed E-state index contributed by atoms with van der Waals surface area (Å²) in [5.41, 5.74) is 2.10. The zero-order valence-electron chi connectivity index (χ0n) is 9.48. The number of nitrogens with zero attached hydrogens (tertiary/aromatic N) is 2. The molecule has 0 unspecified atom stereocenters. The highest BCUT2D eigenvalue weighted by molar-refractivity contribution is 5.74. The first kappa shape index (κ1) is 12.5. The number of hydrogen-bond donors (Lipinski definition) is 2. The lowest BCUT2D eigenvalue weighted by Gasteiger charge is -2.02. The van der Waals surface area contributed by atoms with E-state index in [4.69, 9.17) is 10.6 Å². The minimum atomic E-state index is -0.117. The Bertz CT molecular complexity index is 324. The third-order valence-electron chi connectivity index (χ3n) is 2.16.